The molecule has 2 N–H and O–H groups in total. The number of aromatic nitrogens is 1. The Morgan fingerprint density at radius 3 is 1.46 bits per heavy atom. The third kappa shape index (κ3) is 6.71. The van der Waals surface area contributed by atoms with E-state index in [9.17, 15) is 0 Å². The summed E-state index contributed by atoms with van der Waals surface area (Å²) in [5.41, 5.74) is 23.1. The molecule has 296 valence electrons. The van der Waals surface area contributed by atoms with E-state index in [1.807, 2.05) is 0 Å². The fourth-order valence-electron chi connectivity index (χ4n) is 8.67. The number of para-hydroxylation sites is 2. The molecule has 0 fully saturated rings. The molecule has 0 atom stereocenters. The highest BCUT2D eigenvalue weighted by Gasteiger charge is 2.27. The average molecular weight is 902 g/mol. The van der Waals surface area contributed by atoms with Crippen LogP contribution in [0.15, 0.2) is 142 Å². The van der Waals surface area contributed by atoms with Gasteiger partial charge in [-0.25, -0.2) is 0 Å². The van der Waals surface area contributed by atoms with Crippen molar-refractivity contribution in [3.63, 3.8) is 0 Å². The fourth-order valence-corrected chi connectivity index (χ4v) is 9.80. The molecule has 0 saturated heterocycles. The summed E-state index contributed by atoms with van der Waals surface area (Å²) in [6.07, 6.45) is 0. The van der Waals surface area contributed by atoms with Crippen molar-refractivity contribution in [3.05, 3.63) is 159 Å². The van der Waals surface area contributed by atoms with Gasteiger partial charge in [0.15, 0.2) is 0 Å². The topological polar surface area (TPSA) is 33.7 Å². The molecule has 9 aromatic rings. The maximum Gasteiger partial charge on any atom is 0.0620 e. The Kier molecular flexibility index (Phi) is 9.34. The van der Waals surface area contributed by atoms with E-state index < -0.39 is 0 Å². The van der Waals surface area contributed by atoms with Gasteiger partial charge < -0.3 is 15.0 Å². The van der Waals surface area contributed by atoms with Gasteiger partial charge in [-0.2, -0.15) is 0 Å². The second-order valence-electron chi connectivity index (χ2n) is 19.2. The summed E-state index contributed by atoms with van der Waals surface area (Å²) in [5.74, 6) is 0. The van der Waals surface area contributed by atoms with E-state index in [0.29, 0.717) is 0 Å². The lowest BCUT2D eigenvalue weighted by Crippen LogP contribution is -2.12. The Bertz CT molecular complexity index is 3030. The molecule has 0 bridgehead atoms. The van der Waals surface area contributed by atoms with Crippen LogP contribution in [0.3, 0.4) is 0 Å². The van der Waals surface area contributed by atoms with Gasteiger partial charge in [0, 0.05) is 69.9 Å². The summed E-state index contributed by atoms with van der Waals surface area (Å²) < 4.78 is 4.50. The standard InChI is InChI=1S/C54H51Br2N3/c1-52(2,3)32-20-23-48-40(24-32)44-27-34(54(7,8)9)28-45-41-30-47(56)39(31-49(41)59(48)51(44)45)43-26-33(53(4,5)6)25-42(50(43)57)38-22-21-37(29-46(38)55)58(35-16-12-10-13-17-35)36-18-14-11-15-19-36/h10-31H,57H2,1-9H3. The number of halogens is 2. The third-order valence-electron chi connectivity index (χ3n) is 12.1. The molecule has 59 heavy (non-hydrogen) atoms. The third-order valence-corrected chi connectivity index (χ3v) is 13.4. The van der Waals surface area contributed by atoms with E-state index >= 15 is 0 Å². The molecule has 0 radical (unpaired) electrons. The zero-order valence-electron chi connectivity index (χ0n) is 35.4. The average Bonchev–Trinajstić information content (AvgIpc) is 3.68. The van der Waals surface area contributed by atoms with Gasteiger partial charge in [0.05, 0.1) is 16.6 Å². The van der Waals surface area contributed by atoms with E-state index in [4.69, 9.17) is 5.73 Å². The Morgan fingerprint density at radius 1 is 0.424 bits per heavy atom. The zero-order valence-corrected chi connectivity index (χ0v) is 38.6. The first-order valence-corrected chi connectivity index (χ1v) is 22.1. The normalized spacial score (nSPS) is 12.7. The van der Waals surface area contributed by atoms with E-state index in [-0.39, 0.29) is 16.2 Å². The van der Waals surface area contributed by atoms with Gasteiger partial charge in [-0.1, -0.05) is 143 Å². The summed E-state index contributed by atoms with van der Waals surface area (Å²) in [6, 6.07) is 48.8. The number of hydrogen-bond acceptors (Lipinski definition) is 2. The van der Waals surface area contributed by atoms with Crippen LogP contribution in [0.25, 0.3) is 60.3 Å². The van der Waals surface area contributed by atoms with E-state index in [1.165, 1.54) is 54.8 Å². The molecule has 3 nitrogen and oxygen atoms in total. The minimum Gasteiger partial charge on any atom is -0.398 e. The number of nitrogens with two attached hydrogens (primary N) is 1. The summed E-state index contributed by atoms with van der Waals surface area (Å²) in [7, 11) is 0. The molecule has 2 heterocycles. The Morgan fingerprint density at radius 2 is 0.915 bits per heavy atom. The van der Waals surface area contributed by atoms with Crippen LogP contribution in [0.2, 0.25) is 0 Å². The van der Waals surface area contributed by atoms with Gasteiger partial charge in [-0.05, 0) is 123 Å². The van der Waals surface area contributed by atoms with Gasteiger partial charge in [-0.15, -0.1) is 0 Å². The van der Waals surface area contributed by atoms with Crippen molar-refractivity contribution in [2.75, 3.05) is 10.6 Å². The molecule has 5 heteroatoms. The largest absolute Gasteiger partial charge is 0.398 e. The zero-order chi connectivity index (χ0) is 41.8. The summed E-state index contributed by atoms with van der Waals surface area (Å²) >= 11 is 8.14. The number of nitrogen functional groups attached to an aromatic ring is 1. The molecular weight excluding hydrogens is 850 g/mol. The fraction of sp³-hybridized carbons (Fsp3) is 0.222. The van der Waals surface area contributed by atoms with Crippen LogP contribution in [0, 0.1) is 0 Å². The summed E-state index contributed by atoms with van der Waals surface area (Å²) in [4.78, 5) is 2.28. The predicted octanol–water partition coefficient (Wildman–Crippen LogP) is 16.6. The van der Waals surface area contributed by atoms with Gasteiger partial charge in [0.25, 0.3) is 0 Å². The van der Waals surface area contributed by atoms with Gasteiger partial charge in [-0.3, -0.25) is 0 Å². The first kappa shape index (κ1) is 39.4. The van der Waals surface area contributed by atoms with Crippen molar-refractivity contribution >= 4 is 92.7 Å². The van der Waals surface area contributed by atoms with E-state index in [2.05, 4.69) is 237 Å². The lowest BCUT2D eigenvalue weighted by molar-refractivity contribution is 0.590. The van der Waals surface area contributed by atoms with Crippen molar-refractivity contribution in [2.45, 2.75) is 78.6 Å². The van der Waals surface area contributed by atoms with Crippen molar-refractivity contribution in [3.8, 4) is 22.3 Å². The van der Waals surface area contributed by atoms with Crippen LogP contribution in [-0.2, 0) is 16.2 Å². The second-order valence-corrected chi connectivity index (χ2v) is 21.0. The highest BCUT2D eigenvalue weighted by atomic mass is 79.9. The van der Waals surface area contributed by atoms with Crippen molar-refractivity contribution in [1.29, 1.82) is 0 Å². The lowest BCUT2D eigenvalue weighted by atomic mass is 9.82. The Labute approximate surface area is 365 Å². The molecule has 9 rings (SSSR count). The van der Waals surface area contributed by atoms with Gasteiger partial charge in [0.2, 0.25) is 0 Å². The number of rotatable bonds is 5. The minimum absolute atomic E-state index is 0.00716. The maximum absolute atomic E-state index is 7.42. The van der Waals surface area contributed by atoms with Crippen LogP contribution >= 0.6 is 31.9 Å². The lowest BCUT2D eigenvalue weighted by Gasteiger charge is -2.27. The molecule has 0 spiro atoms. The molecule has 0 amide bonds. The Hall–Kier alpha value is -5.10. The molecule has 0 saturated carbocycles. The number of anilines is 4. The monoisotopic (exact) mass is 899 g/mol. The highest BCUT2D eigenvalue weighted by Crippen LogP contribution is 2.49. The predicted molar refractivity (Wildman–Crippen MR) is 263 cm³/mol. The van der Waals surface area contributed by atoms with Crippen LogP contribution in [-0.4, -0.2) is 4.40 Å². The summed E-state index contributed by atoms with van der Waals surface area (Å²) in [6.45, 7) is 20.7. The molecule has 2 aromatic heterocycles. The molecule has 0 aliphatic heterocycles. The SMILES string of the molecule is CC(C)(C)c1cc(-c2ccc(N(c3ccccc3)c3ccccc3)cc2Br)c(N)c(-c2cc3c(cc2Br)c2cc(C(C)(C)C)cc4c5cc(C(C)(C)C)ccc5n3c42)c1. The molecule has 7 aromatic carbocycles. The van der Waals surface area contributed by atoms with Crippen molar-refractivity contribution in [1.82, 2.24) is 4.40 Å². The quantitative estimate of drug-likeness (QED) is 0.175. The highest BCUT2D eigenvalue weighted by molar-refractivity contribution is 9.11. The van der Waals surface area contributed by atoms with Crippen LogP contribution < -0.4 is 10.6 Å². The van der Waals surface area contributed by atoms with Gasteiger partial charge >= 0.3 is 0 Å². The van der Waals surface area contributed by atoms with Gasteiger partial charge in [0.1, 0.15) is 0 Å². The number of nitrogens with zero attached hydrogens (tertiary/aromatic N) is 2. The van der Waals surface area contributed by atoms with Crippen molar-refractivity contribution < 1.29 is 0 Å². The first-order valence-electron chi connectivity index (χ1n) is 20.5. The smallest absolute Gasteiger partial charge is 0.0620 e. The summed E-state index contributed by atoms with van der Waals surface area (Å²) in [5, 5.41) is 5.13. The maximum atomic E-state index is 7.42. The van der Waals surface area contributed by atoms with Crippen LogP contribution in [0.4, 0.5) is 22.7 Å². The second kappa shape index (κ2) is 14.0. The Balaban J connectivity index is 1.27. The molecule has 0 unspecified atom stereocenters. The first-order chi connectivity index (χ1) is 27.9. The van der Waals surface area contributed by atoms with E-state index in [0.717, 1.165) is 53.9 Å². The van der Waals surface area contributed by atoms with Crippen LogP contribution in [0.5, 0.6) is 0 Å². The minimum atomic E-state index is -0.128. The number of fused-ring (bicyclic) bond motifs is 6. The van der Waals surface area contributed by atoms with Crippen LogP contribution in [0.1, 0.15) is 79.0 Å². The molecule has 0 aliphatic rings. The molecule has 0 aliphatic carbocycles. The number of hydrogen-bond donors (Lipinski definition) is 1. The van der Waals surface area contributed by atoms with Crippen molar-refractivity contribution in [2.24, 2.45) is 0 Å². The molecular formula is C54H51Br2N3. The van der Waals surface area contributed by atoms with E-state index in [1.54, 1.807) is 0 Å². The number of benzene rings is 7.